The van der Waals surface area contributed by atoms with Gasteiger partial charge in [0.1, 0.15) is 0 Å². The minimum atomic E-state index is -0.218. The van der Waals surface area contributed by atoms with Gasteiger partial charge in [0.25, 0.3) is 0 Å². The Labute approximate surface area is 84.7 Å². The molecule has 2 aliphatic rings. The molecular weight excluding hydrogens is 178 g/mol. The number of hydrogen-bond donors (Lipinski definition) is 0. The van der Waals surface area contributed by atoms with Crippen LogP contribution in [0, 0.1) is 0 Å². The van der Waals surface area contributed by atoms with E-state index in [4.69, 9.17) is 0 Å². The highest BCUT2D eigenvalue weighted by Crippen LogP contribution is 2.34. The maximum Gasteiger partial charge on any atom is 0.330 e. The highest BCUT2D eigenvalue weighted by Gasteiger charge is 2.36. The van der Waals surface area contributed by atoms with Gasteiger partial charge in [-0.15, -0.1) is 0 Å². The lowest BCUT2D eigenvalue weighted by atomic mass is 10.1. The second-order valence-electron chi connectivity index (χ2n) is 4.28. The molecule has 3 heteroatoms. The van der Waals surface area contributed by atoms with E-state index in [0.717, 1.165) is 19.0 Å². The van der Waals surface area contributed by atoms with E-state index in [9.17, 15) is 4.79 Å². The smallest absolute Gasteiger partial charge is 0.330 e. The van der Waals surface area contributed by atoms with Crippen LogP contribution in [0.4, 0.5) is 0 Å². The maximum absolute atomic E-state index is 11.0. The molecule has 1 heterocycles. The summed E-state index contributed by atoms with van der Waals surface area (Å²) in [5.41, 5.74) is 1.22. The summed E-state index contributed by atoms with van der Waals surface area (Å²) in [4.78, 5) is 13.5. The van der Waals surface area contributed by atoms with E-state index in [1.165, 1.54) is 25.5 Å². The Morgan fingerprint density at radius 3 is 2.86 bits per heavy atom. The van der Waals surface area contributed by atoms with Crippen molar-refractivity contribution in [1.82, 2.24) is 4.90 Å². The first-order chi connectivity index (χ1) is 6.70. The Kier molecular flexibility index (Phi) is 2.59. The van der Waals surface area contributed by atoms with E-state index in [1.807, 2.05) is 0 Å². The van der Waals surface area contributed by atoms with E-state index in [2.05, 4.69) is 16.6 Å². The molecule has 1 saturated carbocycles. The van der Waals surface area contributed by atoms with Crippen LogP contribution in [0.5, 0.6) is 0 Å². The predicted octanol–water partition coefficient (Wildman–Crippen LogP) is 1.34. The van der Waals surface area contributed by atoms with Crippen molar-refractivity contribution >= 4 is 5.97 Å². The van der Waals surface area contributed by atoms with Crippen molar-refractivity contribution in [3.63, 3.8) is 0 Å². The van der Waals surface area contributed by atoms with Crippen LogP contribution in [-0.2, 0) is 9.53 Å². The average molecular weight is 195 g/mol. The van der Waals surface area contributed by atoms with Crippen LogP contribution in [0.25, 0.3) is 0 Å². The number of likely N-dealkylation sites (tertiary alicyclic amines) is 1. The van der Waals surface area contributed by atoms with Gasteiger partial charge in [-0.05, 0) is 31.8 Å². The first kappa shape index (κ1) is 9.71. The number of ether oxygens (including phenoxy) is 1. The van der Waals surface area contributed by atoms with Gasteiger partial charge in [0.05, 0.1) is 7.11 Å². The van der Waals surface area contributed by atoms with Gasteiger partial charge in [-0.2, -0.15) is 0 Å². The minimum Gasteiger partial charge on any atom is -0.466 e. The fourth-order valence-electron chi connectivity index (χ4n) is 2.18. The van der Waals surface area contributed by atoms with Crippen molar-refractivity contribution in [2.75, 3.05) is 13.7 Å². The Morgan fingerprint density at radius 1 is 1.57 bits per heavy atom. The number of carbonyl (C=O) groups is 1. The van der Waals surface area contributed by atoms with E-state index in [1.54, 1.807) is 6.08 Å². The topological polar surface area (TPSA) is 29.5 Å². The van der Waals surface area contributed by atoms with Crippen LogP contribution in [0.15, 0.2) is 11.6 Å². The molecule has 0 aromatic carbocycles. The number of carbonyl (C=O) groups excluding carboxylic acids is 1. The van der Waals surface area contributed by atoms with Crippen LogP contribution in [0.3, 0.4) is 0 Å². The summed E-state index contributed by atoms with van der Waals surface area (Å²) in [6.45, 7) is 3.19. The summed E-state index contributed by atoms with van der Waals surface area (Å²) >= 11 is 0. The Hall–Kier alpha value is -0.830. The van der Waals surface area contributed by atoms with Crippen molar-refractivity contribution in [2.24, 2.45) is 0 Å². The number of hydrogen-bond acceptors (Lipinski definition) is 3. The summed E-state index contributed by atoms with van der Waals surface area (Å²) in [5, 5.41) is 0. The second kappa shape index (κ2) is 3.73. The molecule has 78 valence electrons. The van der Waals surface area contributed by atoms with Gasteiger partial charge in [-0.1, -0.05) is 0 Å². The first-order valence-electron chi connectivity index (χ1n) is 5.24. The largest absolute Gasteiger partial charge is 0.466 e. The zero-order valence-corrected chi connectivity index (χ0v) is 8.82. The molecule has 2 rings (SSSR count). The maximum atomic E-state index is 11.0. The molecule has 1 aliphatic carbocycles. The van der Waals surface area contributed by atoms with Gasteiger partial charge in [-0.3, -0.25) is 4.90 Å². The fraction of sp³-hybridized carbons (Fsp3) is 0.727. The summed E-state index contributed by atoms with van der Waals surface area (Å²) in [5.74, 6) is -0.218. The van der Waals surface area contributed by atoms with Gasteiger partial charge in [0, 0.05) is 24.7 Å². The molecule has 14 heavy (non-hydrogen) atoms. The molecule has 0 spiro atoms. The normalized spacial score (nSPS) is 31.0. The number of rotatable bonds is 2. The minimum absolute atomic E-state index is 0.218. The molecule has 0 bridgehead atoms. The third-order valence-electron chi connectivity index (χ3n) is 3.05. The van der Waals surface area contributed by atoms with Crippen LogP contribution in [0.1, 0.15) is 26.2 Å². The lowest BCUT2D eigenvalue weighted by Crippen LogP contribution is -2.28. The van der Waals surface area contributed by atoms with Crippen molar-refractivity contribution in [2.45, 2.75) is 38.3 Å². The lowest BCUT2D eigenvalue weighted by molar-refractivity contribution is -0.134. The zero-order valence-electron chi connectivity index (χ0n) is 8.82. The van der Waals surface area contributed by atoms with Crippen LogP contribution in [0.2, 0.25) is 0 Å². The lowest BCUT2D eigenvalue weighted by Gasteiger charge is -2.19. The van der Waals surface area contributed by atoms with E-state index >= 15 is 0 Å². The van der Waals surface area contributed by atoms with Gasteiger partial charge in [0.15, 0.2) is 0 Å². The summed E-state index contributed by atoms with van der Waals surface area (Å²) in [6, 6.07) is 1.38. The molecule has 2 fully saturated rings. The van der Waals surface area contributed by atoms with E-state index in [0.29, 0.717) is 6.04 Å². The van der Waals surface area contributed by atoms with Crippen molar-refractivity contribution in [3.05, 3.63) is 11.6 Å². The van der Waals surface area contributed by atoms with Crippen molar-refractivity contribution in [3.8, 4) is 0 Å². The van der Waals surface area contributed by atoms with Gasteiger partial charge >= 0.3 is 5.97 Å². The van der Waals surface area contributed by atoms with Gasteiger partial charge < -0.3 is 4.74 Å². The van der Waals surface area contributed by atoms with Crippen LogP contribution in [-0.4, -0.2) is 36.6 Å². The standard InChI is InChI=1S/C11H17NO2/c1-8-5-9(6-11(13)14-2)7-12(8)10-3-4-10/h6,8,10H,3-5,7H2,1-2H3/b9-6-. The molecule has 0 amide bonds. The molecule has 1 unspecified atom stereocenters. The third-order valence-corrected chi connectivity index (χ3v) is 3.05. The Morgan fingerprint density at radius 2 is 2.29 bits per heavy atom. The molecule has 1 atom stereocenters. The second-order valence-corrected chi connectivity index (χ2v) is 4.28. The molecule has 0 N–H and O–H groups in total. The first-order valence-corrected chi connectivity index (χ1v) is 5.24. The monoisotopic (exact) mass is 195 g/mol. The summed E-state index contributed by atoms with van der Waals surface area (Å²) < 4.78 is 4.62. The molecule has 1 saturated heterocycles. The molecular formula is C11H17NO2. The quantitative estimate of drug-likeness (QED) is 0.492. The van der Waals surface area contributed by atoms with Crippen molar-refractivity contribution < 1.29 is 9.53 Å². The number of nitrogens with zero attached hydrogens (tertiary/aromatic N) is 1. The SMILES string of the molecule is COC(=O)/C=C1/CC(C)N(C2CC2)C1. The van der Waals surface area contributed by atoms with Gasteiger partial charge in [-0.25, -0.2) is 4.79 Å². The molecule has 0 aromatic rings. The third kappa shape index (κ3) is 1.98. The fourth-order valence-corrected chi connectivity index (χ4v) is 2.18. The molecule has 0 radical (unpaired) electrons. The zero-order chi connectivity index (χ0) is 10.1. The number of esters is 1. The van der Waals surface area contributed by atoms with Gasteiger partial charge in [0.2, 0.25) is 0 Å². The highest BCUT2D eigenvalue weighted by molar-refractivity contribution is 5.82. The molecule has 3 nitrogen and oxygen atoms in total. The Bertz CT molecular complexity index is 268. The summed E-state index contributed by atoms with van der Waals surface area (Å²) in [6.07, 6.45) is 5.33. The summed E-state index contributed by atoms with van der Waals surface area (Å²) in [7, 11) is 1.43. The van der Waals surface area contributed by atoms with Crippen molar-refractivity contribution in [1.29, 1.82) is 0 Å². The molecule has 1 aliphatic heterocycles. The Balaban J connectivity index is 1.97. The number of methoxy groups -OCH3 is 1. The predicted molar refractivity (Wildman–Crippen MR) is 53.9 cm³/mol. The molecule has 0 aromatic heterocycles. The van der Waals surface area contributed by atoms with E-state index in [-0.39, 0.29) is 5.97 Å². The average Bonchev–Trinajstić information content (AvgIpc) is 2.92. The van der Waals surface area contributed by atoms with E-state index < -0.39 is 0 Å². The van der Waals surface area contributed by atoms with Crippen LogP contribution >= 0.6 is 0 Å². The van der Waals surface area contributed by atoms with Crippen LogP contribution < -0.4 is 0 Å². The highest BCUT2D eigenvalue weighted by atomic mass is 16.5.